The summed E-state index contributed by atoms with van der Waals surface area (Å²) in [5, 5.41) is 8.20. The first-order valence-corrected chi connectivity index (χ1v) is 4.20. The average molecular weight is 159 g/mol. The predicted octanol–water partition coefficient (Wildman–Crippen LogP) is 1.50. The average Bonchev–Trinajstić information content (AvgIpc) is 2.04. The van der Waals surface area contributed by atoms with Crippen LogP contribution in [-0.4, -0.2) is 17.5 Å². The number of Topliss-reactive ketones (excluding diaryl/α,β-unsaturated/α-hetero) is 1. The molecule has 0 radical (unpaired) electrons. The summed E-state index contributed by atoms with van der Waals surface area (Å²) >= 11 is 0. The quantitative estimate of drug-likeness (QED) is 0.437. The summed E-state index contributed by atoms with van der Waals surface area (Å²) in [4.78, 5) is 10.8. The standard InChI is InChI=1S/C8H17NO2/c1-2-8(10)6-4-3-5-7-9-11/h9,11H,2-7H2,1H3. The number of hydroxylamine groups is 1. The molecule has 0 spiro atoms. The third-order valence-electron chi connectivity index (χ3n) is 1.64. The number of carbonyl (C=O) groups excluding carboxylic acids is 1. The Kier molecular flexibility index (Phi) is 7.41. The van der Waals surface area contributed by atoms with Crippen molar-refractivity contribution in [3.63, 3.8) is 0 Å². The second-order valence-electron chi connectivity index (χ2n) is 2.61. The minimum atomic E-state index is 0.335. The van der Waals surface area contributed by atoms with Crippen LogP contribution in [0.1, 0.15) is 39.0 Å². The molecule has 0 heterocycles. The molecule has 0 aliphatic rings. The second-order valence-corrected chi connectivity index (χ2v) is 2.61. The van der Waals surface area contributed by atoms with Crippen molar-refractivity contribution in [2.75, 3.05) is 6.54 Å². The van der Waals surface area contributed by atoms with Crippen LogP contribution in [0.2, 0.25) is 0 Å². The molecule has 0 bridgehead atoms. The van der Waals surface area contributed by atoms with Crippen LogP contribution in [0.5, 0.6) is 0 Å². The number of unbranched alkanes of at least 4 members (excludes halogenated alkanes) is 2. The molecule has 0 rings (SSSR count). The van der Waals surface area contributed by atoms with Gasteiger partial charge in [0.25, 0.3) is 0 Å². The molecule has 0 amide bonds. The van der Waals surface area contributed by atoms with Crippen LogP contribution < -0.4 is 5.48 Å². The molecule has 2 N–H and O–H groups in total. The summed E-state index contributed by atoms with van der Waals surface area (Å²) in [6.45, 7) is 2.51. The Morgan fingerprint density at radius 1 is 1.36 bits per heavy atom. The fourth-order valence-corrected chi connectivity index (χ4v) is 0.880. The summed E-state index contributed by atoms with van der Waals surface area (Å²) < 4.78 is 0. The predicted molar refractivity (Wildman–Crippen MR) is 43.6 cm³/mol. The zero-order valence-corrected chi connectivity index (χ0v) is 7.10. The maximum Gasteiger partial charge on any atom is 0.132 e. The molecule has 0 aromatic rings. The molecule has 11 heavy (non-hydrogen) atoms. The van der Waals surface area contributed by atoms with Gasteiger partial charge in [0.15, 0.2) is 0 Å². The molecule has 0 saturated heterocycles. The Labute approximate surface area is 67.8 Å². The lowest BCUT2D eigenvalue weighted by molar-refractivity contribution is -0.118. The number of carbonyl (C=O) groups is 1. The molecule has 0 aliphatic carbocycles. The molecule has 0 aromatic carbocycles. The van der Waals surface area contributed by atoms with Gasteiger partial charge in [-0.1, -0.05) is 13.3 Å². The summed E-state index contributed by atoms with van der Waals surface area (Å²) in [6.07, 6.45) is 4.25. The van der Waals surface area contributed by atoms with Gasteiger partial charge in [0.05, 0.1) is 0 Å². The van der Waals surface area contributed by atoms with Crippen molar-refractivity contribution in [1.29, 1.82) is 0 Å². The van der Waals surface area contributed by atoms with Crippen LogP contribution in [0.3, 0.4) is 0 Å². The normalized spacial score (nSPS) is 10.0. The van der Waals surface area contributed by atoms with Crippen LogP contribution in [0.25, 0.3) is 0 Å². The molecule has 0 unspecified atom stereocenters. The largest absolute Gasteiger partial charge is 0.317 e. The second kappa shape index (κ2) is 7.69. The van der Waals surface area contributed by atoms with E-state index < -0.39 is 0 Å². The van der Waals surface area contributed by atoms with Gasteiger partial charge in [0.2, 0.25) is 0 Å². The maximum atomic E-state index is 10.8. The van der Waals surface area contributed by atoms with Crippen molar-refractivity contribution in [3.05, 3.63) is 0 Å². The first kappa shape index (κ1) is 10.6. The van der Waals surface area contributed by atoms with Gasteiger partial charge in [-0.05, 0) is 12.8 Å². The van der Waals surface area contributed by atoms with E-state index in [0.29, 0.717) is 25.2 Å². The molecule has 3 nitrogen and oxygen atoms in total. The molecule has 0 aromatic heterocycles. The molecule has 0 saturated carbocycles. The van der Waals surface area contributed by atoms with Crippen LogP contribution >= 0.6 is 0 Å². The molecular weight excluding hydrogens is 142 g/mol. The Morgan fingerprint density at radius 3 is 2.64 bits per heavy atom. The van der Waals surface area contributed by atoms with Crippen molar-refractivity contribution in [2.24, 2.45) is 0 Å². The lowest BCUT2D eigenvalue weighted by atomic mass is 10.1. The van der Waals surface area contributed by atoms with Gasteiger partial charge in [-0.3, -0.25) is 4.79 Å². The van der Waals surface area contributed by atoms with Crippen LogP contribution in [0.4, 0.5) is 0 Å². The number of hydrogen-bond acceptors (Lipinski definition) is 3. The maximum absolute atomic E-state index is 10.8. The van der Waals surface area contributed by atoms with Crippen molar-refractivity contribution in [3.8, 4) is 0 Å². The minimum absolute atomic E-state index is 0.335. The summed E-state index contributed by atoms with van der Waals surface area (Å²) in [6, 6.07) is 0. The Bertz CT molecular complexity index is 104. The Morgan fingerprint density at radius 2 is 2.09 bits per heavy atom. The highest BCUT2D eigenvalue weighted by Gasteiger charge is 1.96. The number of rotatable bonds is 7. The minimum Gasteiger partial charge on any atom is -0.317 e. The summed E-state index contributed by atoms with van der Waals surface area (Å²) in [5.74, 6) is 0.335. The van der Waals surface area contributed by atoms with E-state index in [1.165, 1.54) is 0 Å². The van der Waals surface area contributed by atoms with Gasteiger partial charge in [-0.2, -0.15) is 0 Å². The molecule has 3 heteroatoms. The number of ketones is 1. The molecule has 0 aliphatic heterocycles. The van der Waals surface area contributed by atoms with Crippen molar-refractivity contribution in [1.82, 2.24) is 5.48 Å². The van der Waals surface area contributed by atoms with E-state index in [0.717, 1.165) is 19.3 Å². The van der Waals surface area contributed by atoms with E-state index in [2.05, 4.69) is 5.48 Å². The fourth-order valence-electron chi connectivity index (χ4n) is 0.880. The smallest absolute Gasteiger partial charge is 0.132 e. The highest BCUT2D eigenvalue weighted by atomic mass is 16.5. The van der Waals surface area contributed by atoms with Crippen molar-refractivity contribution in [2.45, 2.75) is 39.0 Å². The van der Waals surface area contributed by atoms with E-state index in [4.69, 9.17) is 5.21 Å². The van der Waals surface area contributed by atoms with Gasteiger partial charge in [-0.15, -0.1) is 0 Å². The van der Waals surface area contributed by atoms with E-state index in [1.54, 1.807) is 0 Å². The Balaban J connectivity index is 2.95. The van der Waals surface area contributed by atoms with Crippen LogP contribution in [0, 0.1) is 0 Å². The molecule has 66 valence electrons. The molecular formula is C8H17NO2. The third-order valence-corrected chi connectivity index (χ3v) is 1.64. The SMILES string of the molecule is CCC(=O)CCCCCNO. The lowest BCUT2D eigenvalue weighted by Gasteiger charge is -1.98. The highest BCUT2D eigenvalue weighted by Crippen LogP contribution is 2.00. The van der Waals surface area contributed by atoms with Gasteiger partial charge in [-0.25, -0.2) is 5.48 Å². The first-order valence-electron chi connectivity index (χ1n) is 4.20. The molecule has 0 fully saturated rings. The van der Waals surface area contributed by atoms with Gasteiger partial charge < -0.3 is 5.21 Å². The zero-order chi connectivity index (χ0) is 8.53. The zero-order valence-electron chi connectivity index (χ0n) is 7.10. The Hall–Kier alpha value is -0.410. The van der Waals surface area contributed by atoms with E-state index in [1.807, 2.05) is 6.92 Å². The fraction of sp³-hybridized carbons (Fsp3) is 0.875. The number of nitrogens with one attached hydrogen (secondary N) is 1. The monoisotopic (exact) mass is 159 g/mol. The lowest BCUT2D eigenvalue weighted by Crippen LogP contribution is -2.08. The van der Waals surface area contributed by atoms with Crippen LogP contribution in [0.15, 0.2) is 0 Å². The highest BCUT2D eigenvalue weighted by molar-refractivity contribution is 5.77. The van der Waals surface area contributed by atoms with Gasteiger partial charge in [0.1, 0.15) is 5.78 Å². The van der Waals surface area contributed by atoms with Crippen molar-refractivity contribution < 1.29 is 10.0 Å². The molecule has 0 atom stereocenters. The van der Waals surface area contributed by atoms with Gasteiger partial charge >= 0.3 is 0 Å². The van der Waals surface area contributed by atoms with E-state index in [-0.39, 0.29) is 0 Å². The third kappa shape index (κ3) is 7.49. The van der Waals surface area contributed by atoms with E-state index >= 15 is 0 Å². The number of hydrogen-bond donors (Lipinski definition) is 2. The summed E-state index contributed by atoms with van der Waals surface area (Å²) in [5.41, 5.74) is 2.08. The topological polar surface area (TPSA) is 49.3 Å². The van der Waals surface area contributed by atoms with E-state index in [9.17, 15) is 4.79 Å². The van der Waals surface area contributed by atoms with Crippen LogP contribution in [-0.2, 0) is 4.79 Å². The van der Waals surface area contributed by atoms with Gasteiger partial charge in [0, 0.05) is 19.4 Å². The first-order chi connectivity index (χ1) is 5.31. The summed E-state index contributed by atoms with van der Waals surface area (Å²) in [7, 11) is 0. The van der Waals surface area contributed by atoms with Crippen molar-refractivity contribution >= 4 is 5.78 Å².